The van der Waals surface area contributed by atoms with E-state index in [-0.39, 0.29) is 24.6 Å². The lowest BCUT2D eigenvalue weighted by Crippen LogP contribution is -2.49. The fourth-order valence-corrected chi connectivity index (χ4v) is 4.09. The van der Waals surface area contributed by atoms with Gasteiger partial charge in [-0.25, -0.2) is 14.8 Å². The van der Waals surface area contributed by atoms with Gasteiger partial charge in [-0.05, 0) is 32.8 Å². The summed E-state index contributed by atoms with van der Waals surface area (Å²) in [6.07, 6.45) is -3.30. The topological polar surface area (TPSA) is 87.7 Å². The lowest BCUT2D eigenvalue weighted by molar-refractivity contribution is -0.141. The van der Waals surface area contributed by atoms with E-state index in [1.165, 1.54) is 0 Å². The van der Waals surface area contributed by atoms with Crippen LogP contribution < -0.4 is 15.1 Å². The van der Waals surface area contributed by atoms with Crippen molar-refractivity contribution in [2.24, 2.45) is 0 Å². The lowest BCUT2D eigenvalue weighted by atomic mass is 10.0. The van der Waals surface area contributed by atoms with E-state index in [1.54, 1.807) is 23.6 Å². The van der Waals surface area contributed by atoms with Crippen molar-refractivity contribution in [2.75, 3.05) is 22.9 Å². The molecule has 2 aliphatic rings. The molecule has 2 aromatic rings. The van der Waals surface area contributed by atoms with E-state index in [0.29, 0.717) is 25.9 Å². The number of anilines is 2. The number of carbonyl (C=O) groups is 2. The Morgan fingerprint density at radius 2 is 1.91 bits per heavy atom. The highest BCUT2D eigenvalue weighted by Gasteiger charge is 2.39. The van der Waals surface area contributed by atoms with Crippen molar-refractivity contribution in [3.8, 4) is 0 Å². The van der Waals surface area contributed by atoms with Gasteiger partial charge in [-0.2, -0.15) is 13.2 Å². The summed E-state index contributed by atoms with van der Waals surface area (Å²) in [5.41, 5.74) is -0.167. The summed E-state index contributed by atoms with van der Waals surface area (Å²) < 4.78 is 46.2. The van der Waals surface area contributed by atoms with E-state index in [2.05, 4.69) is 15.3 Å². The van der Waals surface area contributed by atoms with Crippen LogP contribution in [0.1, 0.15) is 48.3 Å². The first-order valence-corrected chi connectivity index (χ1v) is 10.7. The van der Waals surface area contributed by atoms with Gasteiger partial charge in [0.2, 0.25) is 5.95 Å². The third-order valence-corrected chi connectivity index (χ3v) is 5.62. The number of rotatable bonds is 4. The Bertz CT molecular complexity index is 1050. The molecule has 176 valence electrons. The fourth-order valence-electron chi connectivity index (χ4n) is 4.09. The zero-order valence-electron chi connectivity index (χ0n) is 18.2. The Kier molecular flexibility index (Phi) is 6.13. The summed E-state index contributed by atoms with van der Waals surface area (Å²) in [5.74, 6) is -0.964. The molecule has 0 bridgehead atoms. The molecule has 8 nitrogen and oxygen atoms in total. The maximum absolute atomic E-state index is 13.6. The van der Waals surface area contributed by atoms with E-state index >= 15 is 0 Å². The molecule has 11 heteroatoms. The van der Waals surface area contributed by atoms with Gasteiger partial charge in [0, 0.05) is 36.9 Å². The minimum absolute atomic E-state index is 0.0940. The number of fused-ring (bicyclic) bond motifs is 1. The average Bonchev–Trinajstić information content (AvgIpc) is 2.78. The summed E-state index contributed by atoms with van der Waals surface area (Å²) in [5, 5.41) is 2.44. The maximum atomic E-state index is 13.6. The molecule has 2 aliphatic heterocycles. The summed E-state index contributed by atoms with van der Waals surface area (Å²) in [7, 11) is 0. The van der Waals surface area contributed by atoms with Gasteiger partial charge in [0.25, 0.3) is 5.91 Å². The van der Waals surface area contributed by atoms with Crippen molar-refractivity contribution in [3.05, 3.63) is 47.3 Å². The molecule has 2 amide bonds. The number of halogens is 3. The van der Waals surface area contributed by atoms with Crippen molar-refractivity contribution < 1.29 is 27.5 Å². The van der Waals surface area contributed by atoms with E-state index in [1.807, 2.05) is 24.3 Å². The van der Waals surface area contributed by atoms with E-state index in [0.717, 1.165) is 17.4 Å². The average molecular weight is 463 g/mol. The van der Waals surface area contributed by atoms with Crippen molar-refractivity contribution in [3.63, 3.8) is 0 Å². The monoisotopic (exact) mass is 463 g/mol. The van der Waals surface area contributed by atoms with Crippen molar-refractivity contribution >= 4 is 23.6 Å². The Hall–Kier alpha value is -3.37. The van der Waals surface area contributed by atoms with Crippen LogP contribution in [-0.2, 0) is 17.5 Å². The fraction of sp³-hybridized carbons (Fsp3) is 0.455. The molecule has 33 heavy (non-hydrogen) atoms. The molecule has 1 aromatic heterocycles. The molecule has 0 atom stereocenters. The van der Waals surface area contributed by atoms with Crippen LogP contribution in [0.3, 0.4) is 0 Å². The van der Waals surface area contributed by atoms with Gasteiger partial charge in [0.15, 0.2) is 5.69 Å². The van der Waals surface area contributed by atoms with Gasteiger partial charge in [0.1, 0.15) is 6.61 Å². The van der Waals surface area contributed by atoms with Crippen molar-refractivity contribution in [1.82, 2.24) is 15.3 Å². The van der Waals surface area contributed by atoms with Crippen LogP contribution in [0.15, 0.2) is 30.5 Å². The van der Waals surface area contributed by atoms with Gasteiger partial charge >= 0.3 is 12.3 Å². The second-order valence-corrected chi connectivity index (χ2v) is 8.33. The molecule has 0 saturated carbocycles. The summed E-state index contributed by atoms with van der Waals surface area (Å²) in [6, 6.07) is 7.00. The predicted octanol–water partition coefficient (Wildman–Crippen LogP) is 3.76. The largest absolute Gasteiger partial charge is 0.444 e. The zero-order valence-corrected chi connectivity index (χ0v) is 18.2. The molecule has 1 N–H and O–H groups in total. The molecular weight excluding hydrogens is 439 g/mol. The van der Waals surface area contributed by atoms with Crippen LogP contribution in [-0.4, -0.2) is 47.1 Å². The third-order valence-electron chi connectivity index (χ3n) is 5.62. The number of piperidine rings is 1. The standard InChI is InChI=1S/C22H24F3N5O3/c1-13(2)27-19(31)16-11-26-20(28-18(16)22(23,24)25)29-9-7-15(8-10-29)30-17-6-4-3-5-14(17)12-33-21(30)32/h3-6,11,13,15H,7-10,12H2,1-2H3,(H,27,31). The molecule has 0 spiro atoms. The zero-order chi connectivity index (χ0) is 23.8. The Labute approximate surface area is 188 Å². The molecule has 3 heterocycles. The quantitative estimate of drug-likeness (QED) is 0.743. The van der Waals surface area contributed by atoms with Crippen LogP contribution >= 0.6 is 0 Å². The van der Waals surface area contributed by atoms with Gasteiger partial charge in [-0.1, -0.05) is 18.2 Å². The van der Waals surface area contributed by atoms with Crippen LogP contribution in [0.25, 0.3) is 0 Å². The molecule has 1 fully saturated rings. The first kappa shape index (κ1) is 22.8. The SMILES string of the molecule is CC(C)NC(=O)c1cnc(N2CCC(N3C(=O)OCc4ccccc43)CC2)nc1C(F)(F)F. The van der Waals surface area contributed by atoms with Gasteiger partial charge in [0.05, 0.1) is 11.3 Å². The summed E-state index contributed by atoms with van der Waals surface area (Å²) >= 11 is 0. The van der Waals surface area contributed by atoms with E-state index in [4.69, 9.17) is 4.74 Å². The number of hydrogen-bond acceptors (Lipinski definition) is 6. The number of aromatic nitrogens is 2. The minimum Gasteiger partial charge on any atom is -0.444 e. The van der Waals surface area contributed by atoms with Crippen LogP contribution in [0.4, 0.5) is 29.6 Å². The summed E-state index contributed by atoms with van der Waals surface area (Å²) in [4.78, 5) is 35.7. The minimum atomic E-state index is -4.80. The Morgan fingerprint density at radius 3 is 2.58 bits per heavy atom. The highest BCUT2D eigenvalue weighted by Crippen LogP contribution is 2.34. The molecule has 0 radical (unpaired) electrons. The number of benzene rings is 1. The number of carbonyl (C=O) groups excluding carboxylic acids is 2. The molecule has 0 aliphatic carbocycles. The number of nitrogens with zero attached hydrogens (tertiary/aromatic N) is 4. The Morgan fingerprint density at radius 1 is 1.21 bits per heavy atom. The highest BCUT2D eigenvalue weighted by molar-refractivity contribution is 5.95. The molecular formula is C22H24F3N5O3. The van der Waals surface area contributed by atoms with Crippen molar-refractivity contribution in [1.29, 1.82) is 0 Å². The van der Waals surface area contributed by atoms with Crippen LogP contribution in [0, 0.1) is 0 Å². The second kappa shape index (κ2) is 8.87. The Balaban J connectivity index is 1.52. The molecule has 1 saturated heterocycles. The lowest BCUT2D eigenvalue weighted by Gasteiger charge is -2.40. The first-order valence-electron chi connectivity index (χ1n) is 10.7. The van der Waals surface area contributed by atoms with Crippen LogP contribution in [0.5, 0.6) is 0 Å². The molecule has 0 unspecified atom stereocenters. The predicted molar refractivity (Wildman–Crippen MR) is 114 cm³/mol. The van der Waals surface area contributed by atoms with E-state index in [9.17, 15) is 22.8 Å². The second-order valence-electron chi connectivity index (χ2n) is 8.33. The smallest absolute Gasteiger partial charge is 0.434 e. The number of alkyl halides is 3. The van der Waals surface area contributed by atoms with Gasteiger partial charge in [-0.15, -0.1) is 0 Å². The van der Waals surface area contributed by atoms with Crippen molar-refractivity contribution in [2.45, 2.75) is 51.6 Å². The normalized spacial score (nSPS) is 17.1. The molecule has 4 rings (SSSR count). The number of amides is 2. The number of nitrogens with one attached hydrogen (secondary N) is 1. The number of cyclic esters (lactones) is 1. The maximum Gasteiger partial charge on any atom is 0.434 e. The summed E-state index contributed by atoms with van der Waals surface area (Å²) in [6.45, 7) is 4.23. The van der Waals surface area contributed by atoms with Gasteiger partial charge in [-0.3, -0.25) is 9.69 Å². The highest BCUT2D eigenvalue weighted by atomic mass is 19.4. The van der Waals surface area contributed by atoms with Gasteiger partial charge < -0.3 is 15.0 Å². The molecule has 1 aromatic carbocycles. The van der Waals surface area contributed by atoms with E-state index < -0.39 is 29.4 Å². The third kappa shape index (κ3) is 4.71. The number of para-hydroxylation sites is 1. The van der Waals surface area contributed by atoms with Crippen LogP contribution in [0.2, 0.25) is 0 Å². The first-order chi connectivity index (χ1) is 15.6. The number of ether oxygens (including phenoxy) is 1. The number of hydrogen-bond donors (Lipinski definition) is 1.